The number of nitrogens with one attached hydrogen (secondary N) is 1. The molecule has 1 aliphatic rings. The maximum Gasteiger partial charge on any atom is 0.343 e. The number of aliphatic imine (C=N–C) groups is 1. The molecule has 0 spiro atoms. The summed E-state index contributed by atoms with van der Waals surface area (Å²) >= 11 is 0. The summed E-state index contributed by atoms with van der Waals surface area (Å²) in [5.41, 5.74) is 2.54. The van der Waals surface area contributed by atoms with E-state index in [1.807, 2.05) is 37.3 Å². The number of ether oxygens (including phenoxy) is 2. The van der Waals surface area contributed by atoms with Gasteiger partial charge in [-0.05, 0) is 50.1 Å². The van der Waals surface area contributed by atoms with Crippen molar-refractivity contribution in [2.45, 2.75) is 26.8 Å². The Balaban J connectivity index is 1.58. The van der Waals surface area contributed by atoms with Crippen molar-refractivity contribution >= 4 is 23.7 Å². The highest BCUT2D eigenvalue weighted by Crippen LogP contribution is 2.27. The number of hydrogen-bond donors (Lipinski definition) is 2. The van der Waals surface area contributed by atoms with Crippen molar-refractivity contribution in [3.8, 4) is 5.75 Å². The van der Waals surface area contributed by atoms with Gasteiger partial charge in [-0.25, -0.2) is 9.79 Å². The molecule has 7 heteroatoms. The van der Waals surface area contributed by atoms with Crippen LogP contribution >= 0.6 is 0 Å². The van der Waals surface area contributed by atoms with E-state index in [9.17, 15) is 14.7 Å². The van der Waals surface area contributed by atoms with Crippen molar-refractivity contribution in [2.75, 3.05) is 13.2 Å². The number of hydrogen-bond acceptors (Lipinski definition) is 6. The molecule has 0 saturated carbocycles. The Kier molecular flexibility index (Phi) is 7.44. The molecule has 3 rings (SSSR count). The highest BCUT2D eigenvalue weighted by Gasteiger charge is 2.27. The van der Waals surface area contributed by atoms with Gasteiger partial charge in [0.05, 0.1) is 18.4 Å². The van der Waals surface area contributed by atoms with Gasteiger partial charge in [-0.15, -0.1) is 0 Å². The first-order valence-corrected chi connectivity index (χ1v) is 10.3. The summed E-state index contributed by atoms with van der Waals surface area (Å²) in [7, 11) is 0. The van der Waals surface area contributed by atoms with Crippen LogP contribution in [0.15, 0.2) is 76.6 Å². The molecule has 0 aliphatic carbocycles. The molecule has 1 heterocycles. The second-order valence-electron chi connectivity index (χ2n) is 7.23. The number of aliphatic hydroxyl groups excluding tert-OH is 1. The van der Waals surface area contributed by atoms with Gasteiger partial charge in [-0.3, -0.25) is 4.79 Å². The van der Waals surface area contributed by atoms with Crippen LogP contribution in [0.5, 0.6) is 5.75 Å². The Bertz CT molecular complexity index is 1070. The lowest BCUT2D eigenvalue weighted by Gasteiger charge is -2.14. The number of amides is 1. The fourth-order valence-corrected chi connectivity index (χ4v) is 3.21. The summed E-state index contributed by atoms with van der Waals surface area (Å²) in [5.74, 6) is -0.485. The van der Waals surface area contributed by atoms with Gasteiger partial charge in [0.25, 0.3) is 5.91 Å². The number of carbonyl (C=O) groups excluding carboxylic acids is 2. The van der Waals surface area contributed by atoms with Crippen molar-refractivity contribution in [3.63, 3.8) is 0 Å². The van der Waals surface area contributed by atoms with Crippen molar-refractivity contribution in [1.29, 1.82) is 0 Å². The van der Waals surface area contributed by atoms with Gasteiger partial charge in [0.1, 0.15) is 17.0 Å². The van der Waals surface area contributed by atoms with Crippen molar-refractivity contribution in [1.82, 2.24) is 5.32 Å². The van der Waals surface area contributed by atoms with Crippen LogP contribution in [-0.4, -0.2) is 35.9 Å². The fraction of sp³-hybridized carbons (Fsp3) is 0.240. The van der Waals surface area contributed by atoms with Crippen LogP contribution in [0, 0.1) is 0 Å². The first-order chi connectivity index (χ1) is 15.4. The largest absolute Gasteiger partial charge is 0.505 e. The topological polar surface area (TPSA) is 97.2 Å². The monoisotopic (exact) mass is 434 g/mol. The molecular weight excluding hydrogens is 408 g/mol. The minimum absolute atomic E-state index is 0.0776. The Labute approximate surface area is 187 Å². The molecule has 0 aromatic heterocycles. The van der Waals surface area contributed by atoms with E-state index in [1.54, 1.807) is 44.2 Å². The van der Waals surface area contributed by atoms with Gasteiger partial charge in [0, 0.05) is 0 Å². The number of benzene rings is 2. The molecule has 166 valence electrons. The molecule has 1 amide bonds. The van der Waals surface area contributed by atoms with Gasteiger partial charge in [0.2, 0.25) is 0 Å². The van der Waals surface area contributed by atoms with Crippen molar-refractivity contribution in [3.05, 3.63) is 82.8 Å². The molecule has 1 unspecified atom stereocenters. The molecule has 32 heavy (non-hydrogen) atoms. The molecule has 1 aliphatic heterocycles. The number of rotatable bonds is 8. The van der Waals surface area contributed by atoms with E-state index in [0.717, 1.165) is 11.1 Å². The summed E-state index contributed by atoms with van der Waals surface area (Å²) in [4.78, 5) is 28.4. The quantitative estimate of drug-likeness (QED) is 0.609. The third-order valence-corrected chi connectivity index (χ3v) is 4.84. The van der Waals surface area contributed by atoms with Crippen molar-refractivity contribution < 1.29 is 24.2 Å². The Morgan fingerprint density at radius 1 is 1.12 bits per heavy atom. The van der Waals surface area contributed by atoms with Crippen molar-refractivity contribution in [2.24, 2.45) is 4.99 Å². The van der Waals surface area contributed by atoms with Crippen LogP contribution in [0.3, 0.4) is 0 Å². The Hall–Kier alpha value is -3.87. The Morgan fingerprint density at radius 3 is 2.47 bits per heavy atom. The summed E-state index contributed by atoms with van der Waals surface area (Å²) in [6, 6.07) is 16.6. The summed E-state index contributed by atoms with van der Waals surface area (Å²) < 4.78 is 10.5. The van der Waals surface area contributed by atoms with Gasteiger partial charge >= 0.3 is 5.97 Å². The molecule has 2 N–H and O–H groups in total. The number of nitrogens with zero attached hydrogens (tertiary/aromatic N) is 1. The van der Waals surface area contributed by atoms with E-state index < -0.39 is 5.97 Å². The zero-order valence-electron chi connectivity index (χ0n) is 18.3. The maximum atomic E-state index is 12.2. The number of aliphatic hydroxyl groups is 1. The first kappa shape index (κ1) is 22.8. The highest BCUT2D eigenvalue weighted by molar-refractivity contribution is 6.22. The van der Waals surface area contributed by atoms with Gasteiger partial charge in [-0.1, -0.05) is 42.5 Å². The van der Waals surface area contributed by atoms with E-state index in [1.165, 1.54) is 0 Å². The lowest BCUT2D eigenvalue weighted by molar-refractivity contribution is -0.138. The average Bonchev–Trinajstić information content (AvgIpc) is 3.06. The molecule has 2 aromatic carbocycles. The van der Waals surface area contributed by atoms with Crippen LogP contribution in [-0.2, 0) is 14.3 Å². The second kappa shape index (κ2) is 10.4. The zero-order chi connectivity index (χ0) is 23.1. The molecule has 2 aromatic rings. The molecule has 0 saturated heterocycles. The van der Waals surface area contributed by atoms with Crippen LogP contribution in [0.1, 0.15) is 37.9 Å². The minimum Gasteiger partial charge on any atom is -0.505 e. The Morgan fingerprint density at radius 2 is 1.81 bits per heavy atom. The van der Waals surface area contributed by atoms with Gasteiger partial charge < -0.3 is 19.9 Å². The minimum atomic E-state index is -0.599. The summed E-state index contributed by atoms with van der Waals surface area (Å²) in [6.45, 7) is 5.37. The molecule has 0 fully saturated rings. The van der Waals surface area contributed by atoms with Gasteiger partial charge in [0.15, 0.2) is 12.4 Å². The fourth-order valence-electron chi connectivity index (χ4n) is 3.21. The van der Waals surface area contributed by atoms with E-state index >= 15 is 0 Å². The zero-order valence-corrected chi connectivity index (χ0v) is 18.3. The summed E-state index contributed by atoms with van der Waals surface area (Å²) in [5, 5.41) is 13.3. The van der Waals surface area contributed by atoms with E-state index in [4.69, 9.17) is 9.47 Å². The lowest BCUT2D eigenvalue weighted by Crippen LogP contribution is -2.31. The van der Waals surface area contributed by atoms with Crippen LogP contribution in [0.2, 0.25) is 0 Å². The number of carbonyl (C=O) groups is 2. The van der Waals surface area contributed by atoms with Crippen LogP contribution in [0.4, 0.5) is 0 Å². The van der Waals surface area contributed by atoms with E-state index in [2.05, 4.69) is 10.3 Å². The van der Waals surface area contributed by atoms with E-state index in [0.29, 0.717) is 11.5 Å². The normalized spacial score (nSPS) is 15.3. The molecule has 0 bridgehead atoms. The van der Waals surface area contributed by atoms with Crippen LogP contribution in [0.25, 0.3) is 6.08 Å². The van der Waals surface area contributed by atoms with Crippen LogP contribution < -0.4 is 10.1 Å². The smallest absolute Gasteiger partial charge is 0.343 e. The first-order valence-electron chi connectivity index (χ1n) is 10.3. The average molecular weight is 434 g/mol. The lowest BCUT2D eigenvalue weighted by atomic mass is 10.1. The predicted molar refractivity (Wildman–Crippen MR) is 122 cm³/mol. The highest BCUT2D eigenvalue weighted by atomic mass is 16.5. The molecule has 7 nitrogen and oxygen atoms in total. The second-order valence-corrected chi connectivity index (χ2v) is 7.23. The maximum absolute atomic E-state index is 12.2. The molecular formula is C25H26N2O5. The third-order valence-electron chi connectivity index (χ3n) is 4.84. The number of esters is 1. The summed E-state index contributed by atoms with van der Waals surface area (Å²) in [6.07, 6.45) is 1.66. The SMILES string of the molecule is CCOC(=O)C1=C(O)/C(=C\c2ccc(OCC(=O)NC(C)c3ccccc3)cc2)N=C1C. The molecule has 1 atom stereocenters. The predicted octanol–water partition coefficient (Wildman–Crippen LogP) is 4.13. The third kappa shape index (κ3) is 5.63. The van der Waals surface area contributed by atoms with E-state index in [-0.39, 0.29) is 42.2 Å². The molecule has 0 radical (unpaired) electrons. The standard InChI is InChI=1S/C25H26N2O5/c1-4-31-25(30)23-17(3)26-21(24(23)29)14-18-10-12-20(13-11-18)32-15-22(28)27-16(2)19-8-6-5-7-9-19/h5-14,16,29H,4,15H2,1-3H3,(H,27,28)/b21-14+. The van der Waals surface area contributed by atoms with Gasteiger partial charge in [-0.2, -0.15) is 0 Å².